The number of carbonyl (C=O) groups excluding carboxylic acids is 1. The maximum atomic E-state index is 12.0. The fourth-order valence-corrected chi connectivity index (χ4v) is 2.88. The van der Waals surface area contributed by atoms with Gasteiger partial charge in [-0.1, -0.05) is 45.7 Å². The topological polar surface area (TPSA) is 62.1 Å². The molecule has 118 valence electrons. The molecular formula is C17H14BrClN2O2. The van der Waals surface area contributed by atoms with Crippen LogP contribution < -0.4 is 10.1 Å². The van der Waals surface area contributed by atoms with Gasteiger partial charge in [-0.15, -0.1) is 0 Å². The molecule has 1 N–H and O–H groups in total. The zero-order valence-electron chi connectivity index (χ0n) is 12.3. The van der Waals surface area contributed by atoms with E-state index in [1.165, 1.54) is 6.07 Å². The van der Waals surface area contributed by atoms with Crippen LogP contribution >= 0.6 is 27.5 Å². The fourth-order valence-electron chi connectivity index (χ4n) is 2.02. The predicted molar refractivity (Wildman–Crippen MR) is 92.4 cm³/mol. The summed E-state index contributed by atoms with van der Waals surface area (Å²) in [7, 11) is 0. The molecule has 1 amide bonds. The molecule has 0 spiro atoms. The quantitative estimate of drug-likeness (QED) is 0.827. The molecule has 0 heterocycles. The van der Waals surface area contributed by atoms with Gasteiger partial charge in [0, 0.05) is 4.47 Å². The third-order valence-corrected chi connectivity index (χ3v) is 4.19. The van der Waals surface area contributed by atoms with Crippen LogP contribution in [-0.4, -0.2) is 12.5 Å². The second-order valence-electron chi connectivity index (χ2n) is 4.86. The summed E-state index contributed by atoms with van der Waals surface area (Å²) < 4.78 is 6.33. The second kappa shape index (κ2) is 8.00. The Bertz CT molecular complexity index is 758. The first-order valence-electron chi connectivity index (χ1n) is 6.87. The molecule has 2 aromatic rings. The molecule has 4 nitrogen and oxygen atoms in total. The van der Waals surface area contributed by atoms with Gasteiger partial charge in [0.1, 0.15) is 5.75 Å². The largest absolute Gasteiger partial charge is 0.482 e. The van der Waals surface area contributed by atoms with Crippen molar-refractivity contribution in [2.75, 3.05) is 6.61 Å². The van der Waals surface area contributed by atoms with Crippen molar-refractivity contribution < 1.29 is 9.53 Å². The average molecular weight is 394 g/mol. The number of halogens is 2. The molecule has 6 heteroatoms. The number of amides is 1. The van der Waals surface area contributed by atoms with E-state index < -0.39 is 0 Å². The molecule has 0 aliphatic rings. The predicted octanol–water partition coefficient (Wildman–Crippen LogP) is 4.23. The van der Waals surface area contributed by atoms with Crippen LogP contribution in [0.4, 0.5) is 0 Å². The van der Waals surface area contributed by atoms with Crippen molar-refractivity contribution in [1.82, 2.24) is 5.32 Å². The van der Waals surface area contributed by atoms with Gasteiger partial charge in [-0.2, -0.15) is 5.26 Å². The SMILES string of the molecule is C[C@H](NC(=O)COc1ccc(C#N)cc1Cl)c1ccccc1Br. The molecule has 0 saturated carbocycles. The van der Waals surface area contributed by atoms with Crippen LogP contribution in [0.2, 0.25) is 5.02 Å². The first kappa shape index (κ1) is 17.3. The van der Waals surface area contributed by atoms with E-state index >= 15 is 0 Å². The van der Waals surface area contributed by atoms with E-state index in [1.54, 1.807) is 12.1 Å². The number of benzene rings is 2. The number of hydrogen-bond acceptors (Lipinski definition) is 3. The Morgan fingerprint density at radius 1 is 1.39 bits per heavy atom. The van der Waals surface area contributed by atoms with E-state index in [2.05, 4.69) is 21.2 Å². The third-order valence-electron chi connectivity index (χ3n) is 3.17. The smallest absolute Gasteiger partial charge is 0.258 e. The first-order chi connectivity index (χ1) is 11.0. The Balaban J connectivity index is 1.93. The monoisotopic (exact) mass is 392 g/mol. The number of rotatable bonds is 5. The molecule has 2 aromatic carbocycles. The maximum Gasteiger partial charge on any atom is 0.258 e. The van der Waals surface area contributed by atoms with E-state index in [0.717, 1.165) is 10.0 Å². The lowest BCUT2D eigenvalue weighted by Gasteiger charge is -2.16. The lowest BCUT2D eigenvalue weighted by molar-refractivity contribution is -0.123. The molecule has 23 heavy (non-hydrogen) atoms. The molecule has 0 bridgehead atoms. The summed E-state index contributed by atoms with van der Waals surface area (Å²) in [4.78, 5) is 12.0. The molecule has 1 atom stereocenters. The average Bonchev–Trinajstić information content (AvgIpc) is 2.53. The lowest BCUT2D eigenvalue weighted by Crippen LogP contribution is -2.31. The molecule has 0 aliphatic carbocycles. The van der Waals surface area contributed by atoms with Gasteiger partial charge in [-0.05, 0) is 36.8 Å². The highest BCUT2D eigenvalue weighted by atomic mass is 79.9. The summed E-state index contributed by atoms with van der Waals surface area (Å²) in [6.45, 7) is 1.74. The van der Waals surface area contributed by atoms with Gasteiger partial charge in [0.15, 0.2) is 6.61 Å². The molecular weight excluding hydrogens is 380 g/mol. The van der Waals surface area contributed by atoms with Gasteiger partial charge in [-0.3, -0.25) is 4.79 Å². The minimum Gasteiger partial charge on any atom is -0.482 e. The lowest BCUT2D eigenvalue weighted by atomic mass is 10.1. The summed E-state index contributed by atoms with van der Waals surface area (Å²) in [5.41, 5.74) is 1.42. The van der Waals surface area contributed by atoms with Gasteiger partial charge < -0.3 is 10.1 Å². The Morgan fingerprint density at radius 3 is 2.78 bits per heavy atom. The number of nitrogens with zero attached hydrogens (tertiary/aromatic N) is 1. The van der Waals surface area contributed by atoms with Crippen LogP contribution in [0.15, 0.2) is 46.9 Å². The zero-order valence-corrected chi connectivity index (χ0v) is 14.7. The summed E-state index contributed by atoms with van der Waals surface area (Å²) in [6.07, 6.45) is 0. The van der Waals surface area contributed by atoms with E-state index in [1.807, 2.05) is 37.3 Å². The van der Waals surface area contributed by atoms with Crippen LogP contribution in [0.3, 0.4) is 0 Å². The van der Waals surface area contributed by atoms with E-state index in [4.69, 9.17) is 21.6 Å². The number of nitriles is 1. The molecule has 0 aromatic heterocycles. The number of nitrogens with one attached hydrogen (secondary N) is 1. The van der Waals surface area contributed by atoms with Crippen LogP contribution in [0.1, 0.15) is 24.1 Å². The number of hydrogen-bond donors (Lipinski definition) is 1. The van der Waals surface area contributed by atoms with Crippen LogP contribution in [-0.2, 0) is 4.79 Å². The van der Waals surface area contributed by atoms with Crippen molar-refractivity contribution in [2.45, 2.75) is 13.0 Å². The Kier molecular flexibility index (Phi) is 6.03. The van der Waals surface area contributed by atoms with Gasteiger partial charge in [-0.25, -0.2) is 0 Å². The highest BCUT2D eigenvalue weighted by molar-refractivity contribution is 9.10. The minimum atomic E-state index is -0.256. The van der Waals surface area contributed by atoms with Crippen LogP contribution in [0, 0.1) is 11.3 Å². The summed E-state index contributed by atoms with van der Waals surface area (Å²) in [5, 5.41) is 11.9. The van der Waals surface area contributed by atoms with Crippen molar-refractivity contribution in [2.24, 2.45) is 0 Å². The van der Waals surface area contributed by atoms with Crippen molar-refractivity contribution in [1.29, 1.82) is 5.26 Å². The normalized spacial score (nSPS) is 11.4. The molecule has 0 saturated heterocycles. The minimum absolute atomic E-state index is 0.152. The molecule has 0 fully saturated rings. The summed E-state index contributed by atoms with van der Waals surface area (Å²) in [5.74, 6) is 0.114. The van der Waals surface area contributed by atoms with Crippen molar-refractivity contribution in [3.05, 3.63) is 63.1 Å². The van der Waals surface area contributed by atoms with Crippen LogP contribution in [0.5, 0.6) is 5.75 Å². The Hall–Kier alpha value is -2.03. The van der Waals surface area contributed by atoms with Crippen LogP contribution in [0.25, 0.3) is 0 Å². The highest BCUT2D eigenvalue weighted by Crippen LogP contribution is 2.25. The summed E-state index contributed by atoms with van der Waals surface area (Å²) >= 11 is 9.46. The zero-order chi connectivity index (χ0) is 16.8. The van der Waals surface area contributed by atoms with Gasteiger partial charge in [0.05, 0.1) is 22.7 Å². The third kappa shape index (κ3) is 4.72. The highest BCUT2D eigenvalue weighted by Gasteiger charge is 2.13. The van der Waals surface area contributed by atoms with E-state index in [-0.39, 0.29) is 18.6 Å². The molecule has 0 radical (unpaired) electrons. The Labute approximate surface area is 148 Å². The van der Waals surface area contributed by atoms with Gasteiger partial charge >= 0.3 is 0 Å². The Morgan fingerprint density at radius 2 is 2.13 bits per heavy atom. The molecule has 0 aliphatic heterocycles. The van der Waals surface area contributed by atoms with Crippen molar-refractivity contribution in [3.63, 3.8) is 0 Å². The standard InChI is InChI=1S/C17H14BrClN2O2/c1-11(13-4-2-3-5-14(13)18)21-17(22)10-23-16-7-6-12(9-20)8-15(16)19/h2-8,11H,10H2,1H3,(H,21,22)/t11-/m0/s1. The fraction of sp³-hybridized carbons (Fsp3) is 0.176. The van der Waals surface area contributed by atoms with Crippen molar-refractivity contribution in [3.8, 4) is 11.8 Å². The van der Waals surface area contributed by atoms with E-state index in [9.17, 15) is 4.79 Å². The maximum absolute atomic E-state index is 12.0. The molecule has 0 unspecified atom stereocenters. The first-order valence-corrected chi connectivity index (χ1v) is 8.04. The number of ether oxygens (including phenoxy) is 1. The summed E-state index contributed by atoms with van der Waals surface area (Å²) in [6, 6.07) is 14.2. The van der Waals surface area contributed by atoms with Gasteiger partial charge in [0.25, 0.3) is 5.91 Å². The number of carbonyl (C=O) groups is 1. The molecule has 2 rings (SSSR count). The van der Waals surface area contributed by atoms with E-state index in [0.29, 0.717) is 16.3 Å². The van der Waals surface area contributed by atoms with Crippen molar-refractivity contribution >= 4 is 33.4 Å². The second-order valence-corrected chi connectivity index (χ2v) is 6.12. The van der Waals surface area contributed by atoms with Gasteiger partial charge in [0.2, 0.25) is 0 Å².